The molecule has 0 aliphatic carbocycles. The Hall–Kier alpha value is -1.94. The lowest BCUT2D eigenvalue weighted by molar-refractivity contribution is -0.161. The second-order valence-corrected chi connectivity index (χ2v) is 33.4. The number of aliphatic hydroxyl groups is 1. The van der Waals surface area contributed by atoms with Crippen LogP contribution in [-0.2, 0) is 65.4 Å². The molecular formula is C82H160O17P2. The fourth-order valence-corrected chi connectivity index (χ4v) is 14.3. The van der Waals surface area contributed by atoms with Gasteiger partial charge in [-0.3, -0.25) is 37.3 Å². The predicted molar refractivity (Wildman–Crippen MR) is 414 cm³/mol. The number of hydrogen-bond acceptors (Lipinski definition) is 15. The highest BCUT2D eigenvalue weighted by atomic mass is 31.2. The third kappa shape index (κ3) is 76.1. The van der Waals surface area contributed by atoms with Crippen molar-refractivity contribution in [3.8, 4) is 0 Å². The first-order valence-electron chi connectivity index (χ1n) is 42.5. The van der Waals surface area contributed by atoms with Crippen LogP contribution in [0.5, 0.6) is 0 Å². The number of aliphatic hydroxyl groups excluding tert-OH is 1. The van der Waals surface area contributed by atoms with E-state index in [4.69, 9.17) is 37.0 Å². The highest BCUT2D eigenvalue weighted by Gasteiger charge is 2.30. The normalized spacial score (nSPS) is 13.9. The maximum absolute atomic E-state index is 13.1. The molecule has 17 nitrogen and oxygen atoms in total. The molecule has 0 rings (SSSR count). The van der Waals surface area contributed by atoms with E-state index in [9.17, 15) is 43.2 Å². The van der Waals surface area contributed by atoms with E-state index in [1.54, 1.807) is 0 Å². The maximum atomic E-state index is 13.1. The van der Waals surface area contributed by atoms with Crippen molar-refractivity contribution in [2.75, 3.05) is 39.6 Å². The quantitative estimate of drug-likeness (QED) is 0.0222. The van der Waals surface area contributed by atoms with Crippen LogP contribution in [0.25, 0.3) is 0 Å². The summed E-state index contributed by atoms with van der Waals surface area (Å²) in [6.45, 7) is 9.69. The Bertz CT molecular complexity index is 1940. The van der Waals surface area contributed by atoms with Gasteiger partial charge < -0.3 is 33.8 Å². The van der Waals surface area contributed by atoms with Crippen molar-refractivity contribution in [1.29, 1.82) is 0 Å². The van der Waals surface area contributed by atoms with Crippen LogP contribution in [0.4, 0.5) is 0 Å². The number of phosphoric ester groups is 2. The van der Waals surface area contributed by atoms with Crippen LogP contribution < -0.4 is 0 Å². The van der Waals surface area contributed by atoms with E-state index < -0.39 is 97.5 Å². The van der Waals surface area contributed by atoms with Crippen LogP contribution in [0, 0.1) is 11.8 Å². The minimum absolute atomic E-state index is 0.108. The zero-order valence-electron chi connectivity index (χ0n) is 66.2. The van der Waals surface area contributed by atoms with Gasteiger partial charge in [-0.15, -0.1) is 0 Å². The summed E-state index contributed by atoms with van der Waals surface area (Å²) in [4.78, 5) is 73.0. The summed E-state index contributed by atoms with van der Waals surface area (Å²) in [6, 6.07) is 0. The first-order valence-corrected chi connectivity index (χ1v) is 45.5. The highest BCUT2D eigenvalue weighted by Crippen LogP contribution is 2.45. The van der Waals surface area contributed by atoms with E-state index in [1.165, 1.54) is 250 Å². The molecule has 0 bridgehead atoms. The van der Waals surface area contributed by atoms with Crippen LogP contribution in [-0.4, -0.2) is 96.7 Å². The molecule has 0 spiro atoms. The largest absolute Gasteiger partial charge is 0.472 e. The Labute approximate surface area is 619 Å². The van der Waals surface area contributed by atoms with Gasteiger partial charge in [0.05, 0.1) is 26.4 Å². The van der Waals surface area contributed by atoms with Gasteiger partial charge in [-0.05, 0) is 37.5 Å². The van der Waals surface area contributed by atoms with Crippen molar-refractivity contribution in [2.45, 2.75) is 452 Å². The number of esters is 4. The smallest absolute Gasteiger partial charge is 0.462 e. The number of carbonyl (C=O) groups excluding carboxylic acids is 4. The lowest BCUT2D eigenvalue weighted by Gasteiger charge is -2.21. The highest BCUT2D eigenvalue weighted by molar-refractivity contribution is 7.47. The van der Waals surface area contributed by atoms with Gasteiger partial charge in [0.2, 0.25) is 0 Å². The third-order valence-corrected chi connectivity index (χ3v) is 21.1. The Morgan fingerprint density at radius 2 is 0.455 bits per heavy atom. The zero-order chi connectivity index (χ0) is 74.2. The summed E-state index contributed by atoms with van der Waals surface area (Å²) in [5.41, 5.74) is 0. The van der Waals surface area contributed by atoms with Gasteiger partial charge in [0, 0.05) is 25.7 Å². The van der Waals surface area contributed by atoms with Crippen molar-refractivity contribution in [2.24, 2.45) is 11.8 Å². The molecule has 0 aliphatic rings. The molecule has 0 saturated carbocycles. The monoisotopic (exact) mass is 1480 g/mol. The Morgan fingerprint density at radius 3 is 0.673 bits per heavy atom. The minimum atomic E-state index is -4.96. The van der Waals surface area contributed by atoms with Gasteiger partial charge in [-0.1, -0.05) is 382 Å². The SMILES string of the molecule is CCCCCCCCCCCCCCC(=O)O[C@H](COC(=O)CCCCCCCCCCC)COP(=O)(O)OC[C@H](O)COP(=O)(O)OC[C@@H](COC(=O)CCCCCCCCCCCCCCCCCCC(C)C)OC(=O)CCCCCCCCCCCCCCCCCCCCC(C)C. The van der Waals surface area contributed by atoms with E-state index in [-0.39, 0.29) is 25.7 Å². The molecule has 600 valence electrons. The number of ether oxygens (including phenoxy) is 4. The molecule has 3 N–H and O–H groups in total. The van der Waals surface area contributed by atoms with E-state index in [0.29, 0.717) is 25.7 Å². The van der Waals surface area contributed by atoms with Crippen LogP contribution in [0.15, 0.2) is 0 Å². The molecule has 0 radical (unpaired) electrons. The Kier molecular flexibility index (Phi) is 72.2. The van der Waals surface area contributed by atoms with Crippen molar-refractivity contribution < 1.29 is 80.2 Å². The zero-order valence-corrected chi connectivity index (χ0v) is 68.0. The number of unbranched alkanes of at least 4 members (excludes halogenated alkanes) is 51. The molecule has 0 aromatic heterocycles. The van der Waals surface area contributed by atoms with Gasteiger partial charge in [0.25, 0.3) is 0 Å². The maximum Gasteiger partial charge on any atom is 0.472 e. The van der Waals surface area contributed by atoms with Gasteiger partial charge in [-0.25, -0.2) is 9.13 Å². The number of carbonyl (C=O) groups is 4. The molecule has 0 aromatic rings. The standard InChI is InChI=1S/C82H160O17P2/c1-7-9-11-13-15-17-18-35-42-48-54-60-66-81(86)98-77(70-92-79(84)64-58-52-46-38-16-14-12-10-8-2)72-96-100(88,89)94-68-76(83)69-95-101(90,91)97-73-78(71-93-80(85)65-59-53-47-41-36-31-27-24-23-26-30-34-40-45-51-57-63-75(5)6)99-82(87)67-61-55-49-43-37-32-28-22-20-19-21-25-29-33-39-44-50-56-62-74(3)4/h74-78,83H,7-73H2,1-6H3,(H,88,89)(H,90,91)/t76-,77+,78+/m0/s1. The van der Waals surface area contributed by atoms with Crippen molar-refractivity contribution >= 4 is 39.5 Å². The molecule has 0 saturated heterocycles. The van der Waals surface area contributed by atoms with Gasteiger partial charge >= 0.3 is 39.5 Å². The molecule has 0 amide bonds. The summed E-state index contributed by atoms with van der Waals surface area (Å²) in [5.74, 6) is -0.475. The number of hydrogen-bond donors (Lipinski definition) is 3. The van der Waals surface area contributed by atoms with E-state index in [2.05, 4.69) is 41.5 Å². The average molecular weight is 1480 g/mol. The fraction of sp³-hybridized carbons (Fsp3) is 0.951. The topological polar surface area (TPSA) is 237 Å². The van der Waals surface area contributed by atoms with Crippen molar-refractivity contribution in [1.82, 2.24) is 0 Å². The molecular weight excluding hydrogens is 1320 g/mol. The van der Waals surface area contributed by atoms with Crippen molar-refractivity contribution in [3.05, 3.63) is 0 Å². The van der Waals surface area contributed by atoms with Crippen LogP contribution in [0.3, 0.4) is 0 Å². The summed E-state index contributed by atoms with van der Waals surface area (Å²) in [6.07, 6.45) is 63.9. The lowest BCUT2D eigenvalue weighted by atomic mass is 10.0. The second-order valence-electron chi connectivity index (χ2n) is 30.5. The Morgan fingerprint density at radius 1 is 0.267 bits per heavy atom. The average Bonchev–Trinajstić information content (AvgIpc) is 0.940. The molecule has 0 aliphatic heterocycles. The molecule has 0 fully saturated rings. The summed E-state index contributed by atoms with van der Waals surface area (Å²) < 4.78 is 68.7. The molecule has 5 atom stereocenters. The first kappa shape index (κ1) is 99.1. The molecule has 19 heteroatoms. The molecule has 2 unspecified atom stereocenters. The number of phosphoric acid groups is 2. The Balaban J connectivity index is 5.19. The van der Waals surface area contributed by atoms with Crippen LogP contribution in [0.1, 0.15) is 433 Å². The van der Waals surface area contributed by atoms with Gasteiger partial charge in [0.1, 0.15) is 19.3 Å². The van der Waals surface area contributed by atoms with E-state index in [0.717, 1.165) is 102 Å². The summed E-state index contributed by atoms with van der Waals surface area (Å²) >= 11 is 0. The van der Waals surface area contributed by atoms with Crippen molar-refractivity contribution in [3.63, 3.8) is 0 Å². The van der Waals surface area contributed by atoms with Gasteiger partial charge in [-0.2, -0.15) is 0 Å². The first-order chi connectivity index (χ1) is 48.9. The van der Waals surface area contributed by atoms with E-state index >= 15 is 0 Å². The molecule has 101 heavy (non-hydrogen) atoms. The summed E-state index contributed by atoms with van der Waals surface area (Å²) in [5, 5.41) is 10.6. The fourth-order valence-electron chi connectivity index (χ4n) is 12.7. The number of rotatable bonds is 81. The molecule has 0 aromatic carbocycles. The van der Waals surface area contributed by atoms with Crippen LogP contribution >= 0.6 is 15.6 Å². The second kappa shape index (κ2) is 73.6. The third-order valence-electron chi connectivity index (χ3n) is 19.2. The molecule has 0 heterocycles. The lowest BCUT2D eigenvalue weighted by Crippen LogP contribution is -2.30. The summed E-state index contributed by atoms with van der Waals surface area (Å²) in [7, 11) is -9.92. The van der Waals surface area contributed by atoms with E-state index in [1.807, 2.05) is 0 Å². The van der Waals surface area contributed by atoms with Crippen LogP contribution in [0.2, 0.25) is 0 Å². The predicted octanol–water partition coefficient (Wildman–Crippen LogP) is 24.7. The van der Waals surface area contributed by atoms with Gasteiger partial charge in [0.15, 0.2) is 12.2 Å². The minimum Gasteiger partial charge on any atom is -0.462 e.